The lowest BCUT2D eigenvalue weighted by molar-refractivity contribution is 0.112. The van der Waals surface area contributed by atoms with E-state index in [0.717, 1.165) is 23.1 Å². The Bertz CT molecular complexity index is 384. The molecule has 0 atom stereocenters. The molecule has 0 aromatic carbocycles. The number of rotatable bonds is 2. The first-order valence-corrected chi connectivity index (χ1v) is 5.80. The van der Waals surface area contributed by atoms with Gasteiger partial charge in [0, 0.05) is 23.0 Å². The molecule has 0 amide bonds. The maximum atomic E-state index is 11.0. The lowest BCUT2D eigenvalue weighted by atomic mass is 10.1. The molecule has 1 aromatic heterocycles. The summed E-state index contributed by atoms with van der Waals surface area (Å²) in [5, 5.41) is 0. The van der Waals surface area contributed by atoms with Gasteiger partial charge in [0.25, 0.3) is 0 Å². The average molecular weight is 205 g/mol. The van der Waals surface area contributed by atoms with Gasteiger partial charge in [-0.25, -0.2) is 0 Å². The first kappa shape index (κ1) is 10.5. The van der Waals surface area contributed by atoms with Crippen LogP contribution in [-0.2, 0) is 0 Å². The minimum atomic E-state index is 0.636. The second-order valence-electron chi connectivity index (χ2n) is 4.64. The zero-order valence-corrected chi connectivity index (χ0v) is 9.84. The fraction of sp³-hybridized carbons (Fsp3) is 0.615. The standard InChI is InChI=1S/C13H19NO/c1-9-10(2)14(11(3)13(9)8-15)12-6-4-5-7-12/h8,12H,4-7H2,1-3H3. The molecule has 0 radical (unpaired) electrons. The van der Waals surface area contributed by atoms with Gasteiger partial charge in [-0.2, -0.15) is 0 Å². The van der Waals surface area contributed by atoms with Crippen molar-refractivity contribution in [3.05, 3.63) is 22.5 Å². The van der Waals surface area contributed by atoms with Crippen molar-refractivity contribution in [1.82, 2.24) is 4.57 Å². The highest BCUT2D eigenvalue weighted by molar-refractivity contribution is 5.80. The quantitative estimate of drug-likeness (QED) is 0.679. The molecule has 2 heteroatoms. The van der Waals surface area contributed by atoms with E-state index in [1.807, 2.05) is 0 Å². The number of hydrogen-bond acceptors (Lipinski definition) is 1. The summed E-state index contributed by atoms with van der Waals surface area (Å²) in [6.07, 6.45) is 6.21. The number of hydrogen-bond donors (Lipinski definition) is 0. The first-order chi connectivity index (χ1) is 7.16. The molecule has 1 aromatic rings. The largest absolute Gasteiger partial charge is 0.345 e. The third kappa shape index (κ3) is 1.52. The summed E-state index contributed by atoms with van der Waals surface area (Å²) in [5.74, 6) is 0. The summed E-state index contributed by atoms with van der Waals surface area (Å²) in [6, 6.07) is 0.636. The van der Waals surface area contributed by atoms with E-state index in [0.29, 0.717) is 6.04 Å². The van der Waals surface area contributed by atoms with Crippen LogP contribution in [0.5, 0.6) is 0 Å². The summed E-state index contributed by atoms with van der Waals surface area (Å²) in [4.78, 5) is 11.0. The molecule has 0 bridgehead atoms. The second-order valence-corrected chi connectivity index (χ2v) is 4.64. The van der Waals surface area contributed by atoms with Crippen molar-refractivity contribution in [2.24, 2.45) is 0 Å². The van der Waals surface area contributed by atoms with E-state index in [4.69, 9.17) is 0 Å². The van der Waals surface area contributed by atoms with Crippen LogP contribution in [0, 0.1) is 20.8 Å². The third-order valence-electron chi connectivity index (χ3n) is 3.87. The Labute approximate surface area is 91.3 Å². The second kappa shape index (κ2) is 3.84. The molecular formula is C13H19NO. The summed E-state index contributed by atoms with van der Waals surface area (Å²) in [5.41, 5.74) is 4.50. The molecule has 0 spiro atoms. The highest BCUT2D eigenvalue weighted by Crippen LogP contribution is 2.34. The van der Waals surface area contributed by atoms with Gasteiger partial charge in [0.05, 0.1) is 0 Å². The molecule has 82 valence electrons. The Morgan fingerprint density at radius 2 is 1.73 bits per heavy atom. The maximum absolute atomic E-state index is 11.0. The van der Waals surface area contributed by atoms with E-state index >= 15 is 0 Å². The summed E-state index contributed by atoms with van der Waals surface area (Å²) >= 11 is 0. The van der Waals surface area contributed by atoms with Gasteiger partial charge in [-0.05, 0) is 39.2 Å². The van der Waals surface area contributed by atoms with Gasteiger partial charge in [0.2, 0.25) is 0 Å². The Balaban J connectivity index is 2.50. The van der Waals surface area contributed by atoms with Crippen LogP contribution in [0.4, 0.5) is 0 Å². The minimum absolute atomic E-state index is 0.636. The zero-order valence-electron chi connectivity index (χ0n) is 9.84. The van der Waals surface area contributed by atoms with Crippen molar-refractivity contribution >= 4 is 6.29 Å². The van der Waals surface area contributed by atoms with Crippen molar-refractivity contribution in [1.29, 1.82) is 0 Å². The van der Waals surface area contributed by atoms with Gasteiger partial charge in [-0.1, -0.05) is 12.8 Å². The maximum Gasteiger partial charge on any atom is 0.152 e. The molecule has 1 aliphatic rings. The van der Waals surface area contributed by atoms with Gasteiger partial charge in [-0.3, -0.25) is 4.79 Å². The van der Waals surface area contributed by atoms with Crippen LogP contribution in [-0.4, -0.2) is 10.9 Å². The molecule has 0 saturated heterocycles. The average Bonchev–Trinajstić information content (AvgIpc) is 2.77. The van der Waals surface area contributed by atoms with Crippen molar-refractivity contribution in [2.45, 2.75) is 52.5 Å². The molecule has 0 aliphatic heterocycles. The highest BCUT2D eigenvalue weighted by atomic mass is 16.1. The van der Waals surface area contributed by atoms with Crippen molar-refractivity contribution in [3.63, 3.8) is 0 Å². The monoisotopic (exact) mass is 205 g/mol. The Morgan fingerprint density at radius 1 is 1.13 bits per heavy atom. The predicted molar refractivity (Wildman–Crippen MR) is 61.5 cm³/mol. The molecule has 1 saturated carbocycles. The number of nitrogens with zero attached hydrogens (tertiary/aromatic N) is 1. The Kier molecular flexibility index (Phi) is 2.68. The lowest BCUT2D eigenvalue weighted by Crippen LogP contribution is -2.08. The van der Waals surface area contributed by atoms with Crippen LogP contribution in [0.1, 0.15) is 59.0 Å². The molecule has 1 aliphatic carbocycles. The van der Waals surface area contributed by atoms with E-state index < -0.39 is 0 Å². The Morgan fingerprint density at radius 3 is 2.20 bits per heavy atom. The highest BCUT2D eigenvalue weighted by Gasteiger charge is 2.22. The van der Waals surface area contributed by atoms with Gasteiger partial charge >= 0.3 is 0 Å². The van der Waals surface area contributed by atoms with E-state index in [2.05, 4.69) is 25.3 Å². The molecule has 1 fully saturated rings. The van der Waals surface area contributed by atoms with Gasteiger partial charge in [0.15, 0.2) is 6.29 Å². The number of aldehydes is 1. The van der Waals surface area contributed by atoms with Crippen LogP contribution in [0.3, 0.4) is 0 Å². The van der Waals surface area contributed by atoms with Gasteiger partial charge in [-0.15, -0.1) is 0 Å². The van der Waals surface area contributed by atoms with Crippen LogP contribution < -0.4 is 0 Å². The van der Waals surface area contributed by atoms with Crippen molar-refractivity contribution in [3.8, 4) is 0 Å². The van der Waals surface area contributed by atoms with Crippen LogP contribution >= 0.6 is 0 Å². The van der Waals surface area contributed by atoms with Crippen molar-refractivity contribution < 1.29 is 4.79 Å². The van der Waals surface area contributed by atoms with E-state index in [9.17, 15) is 4.79 Å². The molecular weight excluding hydrogens is 186 g/mol. The molecule has 2 rings (SSSR count). The lowest BCUT2D eigenvalue weighted by Gasteiger charge is -2.17. The molecule has 2 nitrogen and oxygen atoms in total. The summed E-state index contributed by atoms with van der Waals surface area (Å²) in [6.45, 7) is 6.26. The van der Waals surface area contributed by atoms with Gasteiger partial charge in [0.1, 0.15) is 0 Å². The fourth-order valence-corrected chi connectivity index (χ4v) is 2.91. The van der Waals surface area contributed by atoms with Crippen molar-refractivity contribution in [2.75, 3.05) is 0 Å². The fourth-order valence-electron chi connectivity index (χ4n) is 2.91. The molecule has 1 heterocycles. The topological polar surface area (TPSA) is 22.0 Å². The first-order valence-electron chi connectivity index (χ1n) is 5.80. The van der Waals surface area contributed by atoms with Crippen LogP contribution in [0.15, 0.2) is 0 Å². The minimum Gasteiger partial charge on any atom is -0.345 e. The van der Waals surface area contributed by atoms with E-state index in [1.165, 1.54) is 31.4 Å². The summed E-state index contributed by atoms with van der Waals surface area (Å²) < 4.78 is 2.38. The number of aromatic nitrogens is 1. The van der Waals surface area contributed by atoms with Crippen LogP contribution in [0.2, 0.25) is 0 Å². The van der Waals surface area contributed by atoms with Gasteiger partial charge < -0.3 is 4.57 Å². The number of carbonyl (C=O) groups excluding carboxylic acids is 1. The van der Waals surface area contributed by atoms with Crippen LogP contribution in [0.25, 0.3) is 0 Å². The smallest absolute Gasteiger partial charge is 0.152 e. The number of carbonyl (C=O) groups is 1. The third-order valence-corrected chi connectivity index (χ3v) is 3.87. The zero-order chi connectivity index (χ0) is 11.0. The molecule has 0 N–H and O–H groups in total. The van der Waals surface area contributed by atoms with E-state index in [1.54, 1.807) is 0 Å². The van der Waals surface area contributed by atoms with E-state index in [-0.39, 0.29) is 0 Å². The Hall–Kier alpha value is -1.05. The molecule has 15 heavy (non-hydrogen) atoms. The predicted octanol–water partition coefficient (Wildman–Crippen LogP) is 3.34. The SMILES string of the molecule is Cc1c(C=O)c(C)n(C2CCCC2)c1C. The normalized spacial score (nSPS) is 17.3. The summed E-state index contributed by atoms with van der Waals surface area (Å²) in [7, 11) is 0. The molecule has 0 unspecified atom stereocenters.